The molecule has 3 heterocycles. The average molecular weight is 313 g/mol. The van der Waals surface area contributed by atoms with Crippen LogP contribution in [0, 0.1) is 6.92 Å². The third kappa shape index (κ3) is 3.68. The largest absolute Gasteiger partial charge is 0.377 e. The molecule has 0 saturated carbocycles. The highest BCUT2D eigenvalue weighted by Gasteiger charge is 2.29. The SMILES string of the molecule is Cc1nccnc1CCC1COCCN1C(=O)c1ncccn1. The Balaban J connectivity index is 1.69. The minimum atomic E-state index is -0.144. The van der Waals surface area contributed by atoms with Gasteiger partial charge in [-0.3, -0.25) is 14.8 Å². The molecule has 1 amide bonds. The van der Waals surface area contributed by atoms with E-state index in [9.17, 15) is 4.79 Å². The van der Waals surface area contributed by atoms with Crippen molar-refractivity contribution in [2.24, 2.45) is 0 Å². The van der Waals surface area contributed by atoms with E-state index in [4.69, 9.17) is 4.74 Å². The van der Waals surface area contributed by atoms with Crippen LogP contribution in [0.2, 0.25) is 0 Å². The van der Waals surface area contributed by atoms with Crippen molar-refractivity contribution in [3.05, 3.63) is 48.1 Å². The van der Waals surface area contributed by atoms with Gasteiger partial charge in [0.25, 0.3) is 5.91 Å². The predicted molar refractivity (Wildman–Crippen MR) is 82.8 cm³/mol. The number of rotatable bonds is 4. The second-order valence-corrected chi connectivity index (χ2v) is 5.43. The van der Waals surface area contributed by atoms with E-state index in [1.807, 2.05) is 11.8 Å². The van der Waals surface area contributed by atoms with Crippen molar-refractivity contribution >= 4 is 5.91 Å². The molecule has 2 aromatic heterocycles. The van der Waals surface area contributed by atoms with Crippen molar-refractivity contribution < 1.29 is 9.53 Å². The number of aryl methyl sites for hydroxylation is 2. The molecule has 0 spiro atoms. The van der Waals surface area contributed by atoms with Gasteiger partial charge in [0.15, 0.2) is 0 Å². The zero-order valence-corrected chi connectivity index (χ0v) is 13.1. The van der Waals surface area contributed by atoms with Crippen molar-refractivity contribution in [3.63, 3.8) is 0 Å². The van der Waals surface area contributed by atoms with E-state index in [1.165, 1.54) is 0 Å². The monoisotopic (exact) mass is 313 g/mol. The molecule has 120 valence electrons. The van der Waals surface area contributed by atoms with E-state index in [-0.39, 0.29) is 17.8 Å². The Hall–Kier alpha value is -2.41. The Morgan fingerprint density at radius 3 is 2.78 bits per heavy atom. The first-order chi connectivity index (χ1) is 11.3. The van der Waals surface area contributed by atoms with Crippen molar-refractivity contribution in [1.82, 2.24) is 24.8 Å². The number of ether oxygens (including phenoxy) is 1. The van der Waals surface area contributed by atoms with E-state index in [2.05, 4.69) is 19.9 Å². The Bertz CT molecular complexity index is 665. The van der Waals surface area contributed by atoms with Crippen LogP contribution in [0.4, 0.5) is 0 Å². The Morgan fingerprint density at radius 2 is 2.00 bits per heavy atom. The van der Waals surface area contributed by atoms with Gasteiger partial charge in [-0.15, -0.1) is 0 Å². The standard InChI is InChI=1S/C16H19N5O2/c1-12-14(18-8-7-17-12)4-3-13-11-23-10-9-21(13)16(22)15-19-5-2-6-20-15/h2,5-8,13H,3-4,9-11H2,1H3. The summed E-state index contributed by atoms with van der Waals surface area (Å²) in [5.41, 5.74) is 1.88. The first-order valence-electron chi connectivity index (χ1n) is 7.68. The van der Waals surface area contributed by atoms with E-state index in [1.54, 1.807) is 30.9 Å². The predicted octanol–water partition coefficient (Wildman–Crippen LogP) is 1.05. The number of morpholine rings is 1. The van der Waals surface area contributed by atoms with E-state index >= 15 is 0 Å². The van der Waals surface area contributed by atoms with Crippen LogP contribution in [0.1, 0.15) is 28.4 Å². The van der Waals surface area contributed by atoms with Crippen LogP contribution in [0.3, 0.4) is 0 Å². The molecule has 1 fully saturated rings. The molecule has 1 unspecified atom stereocenters. The van der Waals surface area contributed by atoms with Crippen molar-refractivity contribution in [1.29, 1.82) is 0 Å². The lowest BCUT2D eigenvalue weighted by Crippen LogP contribution is -2.49. The highest BCUT2D eigenvalue weighted by molar-refractivity contribution is 5.90. The summed E-state index contributed by atoms with van der Waals surface area (Å²) in [6.45, 7) is 3.57. The Labute approximate surface area is 134 Å². The van der Waals surface area contributed by atoms with Gasteiger partial charge >= 0.3 is 0 Å². The molecule has 23 heavy (non-hydrogen) atoms. The molecule has 0 bridgehead atoms. The summed E-state index contributed by atoms with van der Waals surface area (Å²) in [4.78, 5) is 31.1. The van der Waals surface area contributed by atoms with Gasteiger partial charge in [-0.1, -0.05) is 0 Å². The molecule has 0 N–H and O–H groups in total. The Morgan fingerprint density at radius 1 is 1.22 bits per heavy atom. The van der Waals surface area contributed by atoms with Gasteiger partial charge in [0.2, 0.25) is 5.82 Å². The van der Waals surface area contributed by atoms with Crippen molar-refractivity contribution in [3.8, 4) is 0 Å². The van der Waals surface area contributed by atoms with Crippen LogP contribution in [-0.4, -0.2) is 56.5 Å². The zero-order valence-electron chi connectivity index (χ0n) is 13.1. The van der Waals surface area contributed by atoms with Crippen LogP contribution in [-0.2, 0) is 11.2 Å². The molecule has 1 atom stereocenters. The van der Waals surface area contributed by atoms with Gasteiger partial charge in [-0.05, 0) is 25.8 Å². The summed E-state index contributed by atoms with van der Waals surface area (Å²) < 4.78 is 5.55. The van der Waals surface area contributed by atoms with Crippen LogP contribution in [0.5, 0.6) is 0 Å². The third-order valence-electron chi connectivity index (χ3n) is 3.94. The number of amides is 1. The molecule has 0 aliphatic carbocycles. The van der Waals surface area contributed by atoms with Gasteiger partial charge in [0.1, 0.15) is 0 Å². The van der Waals surface area contributed by atoms with Crippen LogP contribution >= 0.6 is 0 Å². The zero-order chi connectivity index (χ0) is 16.1. The maximum absolute atomic E-state index is 12.6. The Kier molecular flexibility index (Phi) is 4.87. The molecule has 2 aromatic rings. The molecular weight excluding hydrogens is 294 g/mol. The van der Waals surface area contributed by atoms with E-state index in [0.717, 1.165) is 24.2 Å². The van der Waals surface area contributed by atoms with Crippen LogP contribution in [0.25, 0.3) is 0 Å². The van der Waals surface area contributed by atoms with Crippen molar-refractivity contribution in [2.45, 2.75) is 25.8 Å². The number of aromatic nitrogens is 4. The van der Waals surface area contributed by atoms with Gasteiger partial charge in [-0.25, -0.2) is 9.97 Å². The summed E-state index contributed by atoms with van der Waals surface area (Å²) in [6, 6.07) is 1.70. The molecule has 1 aliphatic heterocycles. The highest BCUT2D eigenvalue weighted by atomic mass is 16.5. The number of carbonyl (C=O) groups excluding carboxylic acids is 1. The summed E-state index contributed by atoms with van der Waals surface area (Å²) in [5.74, 6) is 0.0878. The smallest absolute Gasteiger partial charge is 0.292 e. The topological polar surface area (TPSA) is 81.1 Å². The maximum atomic E-state index is 12.6. The molecular formula is C16H19N5O2. The fourth-order valence-corrected chi connectivity index (χ4v) is 2.68. The third-order valence-corrected chi connectivity index (χ3v) is 3.94. The number of carbonyl (C=O) groups is 1. The summed E-state index contributed by atoms with van der Waals surface area (Å²) in [7, 11) is 0. The second kappa shape index (κ2) is 7.23. The van der Waals surface area contributed by atoms with Gasteiger partial charge in [0.05, 0.1) is 30.6 Å². The first-order valence-corrected chi connectivity index (χ1v) is 7.68. The lowest BCUT2D eigenvalue weighted by molar-refractivity contribution is -0.00477. The van der Waals surface area contributed by atoms with Crippen LogP contribution in [0.15, 0.2) is 30.9 Å². The maximum Gasteiger partial charge on any atom is 0.292 e. The lowest BCUT2D eigenvalue weighted by atomic mass is 10.1. The quantitative estimate of drug-likeness (QED) is 0.839. The highest BCUT2D eigenvalue weighted by Crippen LogP contribution is 2.16. The fraction of sp³-hybridized carbons (Fsp3) is 0.438. The molecule has 1 saturated heterocycles. The van der Waals surface area contributed by atoms with Gasteiger partial charge in [0, 0.05) is 31.3 Å². The molecule has 7 heteroatoms. The van der Waals surface area contributed by atoms with E-state index in [0.29, 0.717) is 19.8 Å². The number of nitrogens with zero attached hydrogens (tertiary/aromatic N) is 5. The summed E-state index contributed by atoms with van der Waals surface area (Å²) in [6.07, 6.45) is 8.08. The van der Waals surface area contributed by atoms with Crippen LogP contribution < -0.4 is 0 Å². The lowest BCUT2D eigenvalue weighted by Gasteiger charge is -2.35. The molecule has 7 nitrogen and oxygen atoms in total. The molecule has 3 rings (SSSR count). The minimum absolute atomic E-state index is 0.00135. The van der Waals surface area contributed by atoms with Gasteiger partial charge in [-0.2, -0.15) is 0 Å². The van der Waals surface area contributed by atoms with Gasteiger partial charge < -0.3 is 9.64 Å². The van der Waals surface area contributed by atoms with Crippen molar-refractivity contribution in [2.75, 3.05) is 19.8 Å². The average Bonchev–Trinajstić information content (AvgIpc) is 2.61. The first kappa shape index (κ1) is 15.5. The summed E-state index contributed by atoms with van der Waals surface area (Å²) >= 11 is 0. The second-order valence-electron chi connectivity index (χ2n) is 5.43. The molecule has 0 aromatic carbocycles. The normalized spacial score (nSPS) is 18.0. The minimum Gasteiger partial charge on any atom is -0.377 e. The molecule has 1 aliphatic rings. The molecule has 0 radical (unpaired) electrons. The number of hydrogen-bond donors (Lipinski definition) is 0. The summed E-state index contributed by atoms with van der Waals surface area (Å²) in [5, 5.41) is 0. The number of hydrogen-bond acceptors (Lipinski definition) is 6. The van der Waals surface area contributed by atoms with E-state index < -0.39 is 0 Å². The fourth-order valence-electron chi connectivity index (χ4n) is 2.68.